The molecule has 0 spiro atoms. The molecule has 0 aliphatic rings. The van der Waals surface area contributed by atoms with Crippen molar-refractivity contribution in [3.8, 4) is 0 Å². The van der Waals surface area contributed by atoms with Gasteiger partial charge >= 0.3 is 0 Å². The molecule has 0 aromatic heterocycles. The number of carbonyl (C=O) groups excluding carboxylic acids is 1. The Morgan fingerprint density at radius 3 is 2.13 bits per heavy atom. The Balaban J connectivity index is 3.23. The summed E-state index contributed by atoms with van der Waals surface area (Å²) in [6.07, 6.45) is 8.67. The summed E-state index contributed by atoms with van der Waals surface area (Å²) in [6, 6.07) is 0. The third kappa shape index (κ3) is 8.09. The van der Waals surface area contributed by atoms with Gasteiger partial charge in [-0.3, -0.25) is 4.79 Å². The summed E-state index contributed by atoms with van der Waals surface area (Å²) in [5, 5.41) is 3.43. The maximum absolute atomic E-state index is 11.1. The molecule has 1 amide bonds. The van der Waals surface area contributed by atoms with Gasteiger partial charge in [-0.1, -0.05) is 45.4 Å². The van der Waals surface area contributed by atoms with Gasteiger partial charge in [-0.2, -0.15) is 0 Å². The van der Waals surface area contributed by atoms with Crippen molar-refractivity contribution < 1.29 is 4.79 Å². The van der Waals surface area contributed by atoms with Crippen molar-refractivity contribution in [1.29, 1.82) is 0 Å². The van der Waals surface area contributed by atoms with Gasteiger partial charge in [0, 0.05) is 13.5 Å². The lowest BCUT2D eigenvalue weighted by Crippen LogP contribution is -2.19. The second-order valence-corrected chi connectivity index (χ2v) is 3.87. The Kier molecular flexibility index (Phi) is 9.02. The van der Waals surface area contributed by atoms with Crippen LogP contribution in [0.3, 0.4) is 0 Å². The Bertz CT molecular complexity index is 183. The zero-order chi connectivity index (χ0) is 11.5. The van der Waals surface area contributed by atoms with E-state index in [2.05, 4.69) is 12.2 Å². The molecule has 4 heteroatoms. The molecular weight excluding hydrogens is 192 g/mol. The summed E-state index contributed by atoms with van der Waals surface area (Å²) in [4.78, 5) is 21.1. The fraction of sp³-hybridized carbons (Fsp3) is 0.909. The molecule has 0 aromatic carbocycles. The Morgan fingerprint density at radius 1 is 1.07 bits per heavy atom. The molecule has 0 saturated carbocycles. The average molecular weight is 214 g/mol. The maximum atomic E-state index is 11.1. The molecule has 0 atom stereocenters. The van der Waals surface area contributed by atoms with E-state index in [-0.39, 0.29) is 5.91 Å². The van der Waals surface area contributed by atoms with Crippen LogP contribution in [-0.4, -0.2) is 18.0 Å². The number of amides is 1. The Morgan fingerprint density at radius 2 is 1.60 bits per heavy atom. The van der Waals surface area contributed by atoms with Crippen LogP contribution < -0.4 is 0 Å². The number of hydrogen-bond donors (Lipinski definition) is 0. The fourth-order valence-electron chi connectivity index (χ4n) is 1.44. The molecule has 0 fully saturated rings. The number of hydrogen-bond acceptors (Lipinski definition) is 3. The van der Waals surface area contributed by atoms with Gasteiger partial charge in [0.05, 0.1) is 5.29 Å². The van der Waals surface area contributed by atoms with Crippen LogP contribution in [0.5, 0.6) is 0 Å². The van der Waals surface area contributed by atoms with Gasteiger partial charge in [0.15, 0.2) is 0 Å². The number of unbranched alkanes of at least 4 members (excludes halogenated alkanes) is 6. The molecule has 0 saturated heterocycles. The van der Waals surface area contributed by atoms with Crippen LogP contribution in [0.2, 0.25) is 0 Å². The second-order valence-electron chi connectivity index (χ2n) is 3.87. The van der Waals surface area contributed by atoms with Crippen LogP contribution in [-0.2, 0) is 4.79 Å². The first-order valence-electron chi connectivity index (χ1n) is 5.82. The minimum atomic E-state index is -0.182. The smallest absolute Gasteiger partial charge is 0.244 e. The molecule has 4 nitrogen and oxygen atoms in total. The van der Waals surface area contributed by atoms with Gasteiger partial charge < -0.3 is 0 Å². The molecule has 0 bridgehead atoms. The predicted molar refractivity (Wildman–Crippen MR) is 61.2 cm³/mol. The summed E-state index contributed by atoms with van der Waals surface area (Å²) < 4.78 is 0. The van der Waals surface area contributed by atoms with Crippen LogP contribution in [0, 0.1) is 4.91 Å². The highest BCUT2D eigenvalue weighted by Crippen LogP contribution is 2.09. The number of carbonyl (C=O) groups is 1. The molecule has 0 aromatic rings. The lowest BCUT2D eigenvalue weighted by molar-refractivity contribution is -0.130. The van der Waals surface area contributed by atoms with Crippen LogP contribution in [0.15, 0.2) is 5.29 Å². The minimum Gasteiger partial charge on any atom is -0.273 e. The largest absolute Gasteiger partial charge is 0.273 e. The topological polar surface area (TPSA) is 49.7 Å². The number of nitrogens with zero attached hydrogens (tertiary/aromatic N) is 2. The first-order valence-corrected chi connectivity index (χ1v) is 5.82. The van der Waals surface area contributed by atoms with Crippen LogP contribution >= 0.6 is 0 Å². The maximum Gasteiger partial charge on any atom is 0.244 e. The molecule has 0 unspecified atom stereocenters. The van der Waals surface area contributed by atoms with Crippen LogP contribution in [0.25, 0.3) is 0 Å². The van der Waals surface area contributed by atoms with Gasteiger partial charge in [-0.05, 0) is 6.42 Å². The van der Waals surface area contributed by atoms with E-state index >= 15 is 0 Å². The summed E-state index contributed by atoms with van der Waals surface area (Å²) in [5.41, 5.74) is 0. The van der Waals surface area contributed by atoms with E-state index in [9.17, 15) is 9.70 Å². The Labute approximate surface area is 92.0 Å². The van der Waals surface area contributed by atoms with Crippen molar-refractivity contribution in [3.63, 3.8) is 0 Å². The number of rotatable bonds is 9. The lowest BCUT2D eigenvalue weighted by Gasteiger charge is -2.05. The van der Waals surface area contributed by atoms with Crippen molar-refractivity contribution in [1.82, 2.24) is 5.01 Å². The standard InChI is InChI=1S/C11H22N2O2/c1-3-4-5-6-7-8-9-10-11(14)13(2)12-15/h3-10H2,1-2H3. The third-order valence-electron chi connectivity index (χ3n) is 2.48. The second kappa shape index (κ2) is 9.62. The van der Waals surface area contributed by atoms with E-state index in [0.717, 1.165) is 17.9 Å². The molecule has 0 heterocycles. The summed E-state index contributed by atoms with van der Waals surface area (Å²) in [6.45, 7) is 2.20. The third-order valence-corrected chi connectivity index (χ3v) is 2.48. The normalized spacial score (nSPS) is 10.0. The first kappa shape index (κ1) is 14.1. The zero-order valence-electron chi connectivity index (χ0n) is 9.87. The van der Waals surface area contributed by atoms with Gasteiger partial charge in [-0.25, -0.2) is 5.01 Å². The minimum absolute atomic E-state index is 0.182. The van der Waals surface area contributed by atoms with E-state index < -0.39 is 0 Å². The van der Waals surface area contributed by atoms with Crippen molar-refractivity contribution >= 4 is 5.91 Å². The number of nitroso groups, excluding NO2 is 1. The SMILES string of the molecule is CCCCCCCCCC(=O)N(C)N=O. The lowest BCUT2D eigenvalue weighted by atomic mass is 10.1. The average Bonchev–Trinajstić information content (AvgIpc) is 2.26. The Hall–Kier alpha value is -0.930. The van der Waals surface area contributed by atoms with Gasteiger partial charge in [0.1, 0.15) is 0 Å². The van der Waals surface area contributed by atoms with E-state index in [0.29, 0.717) is 6.42 Å². The van der Waals surface area contributed by atoms with Crippen LogP contribution in [0.1, 0.15) is 58.3 Å². The first-order chi connectivity index (χ1) is 7.22. The predicted octanol–water partition coefficient (Wildman–Crippen LogP) is 3.27. The van der Waals surface area contributed by atoms with E-state index in [1.54, 1.807) is 0 Å². The monoisotopic (exact) mass is 214 g/mol. The molecule has 15 heavy (non-hydrogen) atoms. The van der Waals surface area contributed by atoms with Gasteiger partial charge in [0.2, 0.25) is 5.91 Å². The fourth-order valence-corrected chi connectivity index (χ4v) is 1.44. The van der Waals surface area contributed by atoms with E-state index in [1.165, 1.54) is 39.2 Å². The van der Waals surface area contributed by atoms with Gasteiger partial charge in [-0.15, -0.1) is 4.91 Å². The highest BCUT2D eigenvalue weighted by Gasteiger charge is 2.06. The molecule has 0 rings (SSSR count). The molecule has 0 aliphatic carbocycles. The zero-order valence-corrected chi connectivity index (χ0v) is 9.87. The molecule has 0 aliphatic heterocycles. The molecule has 88 valence electrons. The highest BCUT2D eigenvalue weighted by atomic mass is 16.3. The van der Waals surface area contributed by atoms with Gasteiger partial charge in [0.25, 0.3) is 0 Å². The van der Waals surface area contributed by atoms with Crippen molar-refractivity contribution in [2.45, 2.75) is 58.3 Å². The van der Waals surface area contributed by atoms with Crippen molar-refractivity contribution in [2.75, 3.05) is 7.05 Å². The van der Waals surface area contributed by atoms with E-state index in [1.807, 2.05) is 0 Å². The highest BCUT2D eigenvalue weighted by molar-refractivity contribution is 5.75. The molecule has 0 N–H and O–H groups in total. The summed E-state index contributed by atoms with van der Waals surface area (Å²) in [7, 11) is 1.40. The summed E-state index contributed by atoms with van der Waals surface area (Å²) in [5.74, 6) is -0.182. The molecular formula is C11H22N2O2. The molecule has 0 radical (unpaired) electrons. The quantitative estimate of drug-likeness (QED) is 0.336. The summed E-state index contributed by atoms with van der Waals surface area (Å²) >= 11 is 0. The van der Waals surface area contributed by atoms with Crippen molar-refractivity contribution in [2.24, 2.45) is 5.29 Å². The van der Waals surface area contributed by atoms with Crippen molar-refractivity contribution in [3.05, 3.63) is 4.91 Å². The van der Waals surface area contributed by atoms with E-state index in [4.69, 9.17) is 0 Å². The van der Waals surface area contributed by atoms with Crippen LogP contribution in [0.4, 0.5) is 0 Å².